The molecular formula is C17H24O2. The molecule has 2 saturated carbocycles. The first-order chi connectivity index (χ1) is 8.91. The maximum atomic E-state index is 11.7. The highest BCUT2D eigenvalue weighted by Crippen LogP contribution is 2.48. The van der Waals surface area contributed by atoms with Crippen molar-refractivity contribution >= 4 is 11.6 Å². The molecule has 0 spiro atoms. The molecule has 104 valence electrons. The van der Waals surface area contributed by atoms with Crippen LogP contribution in [0.1, 0.15) is 59.8 Å². The molecule has 0 aliphatic heterocycles. The van der Waals surface area contributed by atoms with Crippen LogP contribution in [0.5, 0.6) is 0 Å². The molecule has 0 radical (unpaired) electrons. The molecule has 0 saturated heterocycles. The first-order valence-electron chi connectivity index (χ1n) is 7.32. The van der Waals surface area contributed by atoms with Crippen LogP contribution in [-0.2, 0) is 9.59 Å². The fourth-order valence-corrected chi connectivity index (χ4v) is 3.66. The monoisotopic (exact) mass is 260 g/mol. The third-order valence-corrected chi connectivity index (χ3v) is 5.09. The fraction of sp³-hybridized carbons (Fsp3) is 0.647. The maximum Gasteiger partial charge on any atom is 0.155 e. The van der Waals surface area contributed by atoms with Gasteiger partial charge in [-0.15, -0.1) is 0 Å². The van der Waals surface area contributed by atoms with Crippen LogP contribution in [0.15, 0.2) is 22.3 Å². The smallest absolute Gasteiger partial charge is 0.155 e. The number of rotatable bonds is 2. The van der Waals surface area contributed by atoms with Gasteiger partial charge in [0.15, 0.2) is 11.6 Å². The van der Waals surface area contributed by atoms with Gasteiger partial charge in [0.1, 0.15) is 0 Å². The Kier molecular flexibility index (Phi) is 4.07. The normalized spacial score (nSPS) is 31.8. The molecule has 0 N–H and O–H groups in total. The summed E-state index contributed by atoms with van der Waals surface area (Å²) in [5, 5.41) is 0. The van der Waals surface area contributed by atoms with E-state index in [9.17, 15) is 9.59 Å². The molecule has 0 aromatic carbocycles. The number of carbonyl (C=O) groups excluding carboxylic acids is 2. The van der Waals surface area contributed by atoms with Crippen LogP contribution < -0.4 is 0 Å². The Labute approximate surface area is 116 Å². The summed E-state index contributed by atoms with van der Waals surface area (Å²) in [6, 6.07) is 0. The summed E-state index contributed by atoms with van der Waals surface area (Å²) in [5.74, 6) is 1.60. The Morgan fingerprint density at radius 1 is 0.947 bits per heavy atom. The van der Waals surface area contributed by atoms with E-state index in [2.05, 4.69) is 0 Å². The van der Waals surface area contributed by atoms with Gasteiger partial charge in [0, 0.05) is 0 Å². The van der Waals surface area contributed by atoms with Crippen molar-refractivity contribution in [1.29, 1.82) is 0 Å². The average molecular weight is 260 g/mol. The van der Waals surface area contributed by atoms with E-state index < -0.39 is 0 Å². The highest BCUT2D eigenvalue weighted by Gasteiger charge is 2.36. The standard InChI is InChI=1S/C17H24O2/c1-10(12(3)18)15-8-14-6-5-7-16(14)17(9-15)11(2)13(4)19/h14,16H,5-9H2,1-4H3/b15-10+,17-11+. The lowest BCUT2D eigenvalue weighted by atomic mass is 9.72. The second kappa shape index (κ2) is 5.44. The largest absolute Gasteiger partial charge is 0.295 e. The van der Waals surface area contributed by atoms with E-state index in [1.165, 1.54) is 30.4 Å². The van der Waals surface area contributed by atoms with Crippen molar-refractivity contribution in [3.05, 3.63) is 22.3 Å². The summed E-state index contributed by atoms with van der Waals surface area (Å²) in [6.07, 6.45) is 5.63. The van der Waals surface area contributed by atoms with Crippen molar-refractivity contribution < 1.29 is 9.59 Å². The van der Waals surface area contributed by atoms with E-state index in [4.69, 9.17) is 0 Å². The molecule has 2 aliphatic rings. The lowest BCUT2D eigenvalue weighted by Crippen LogP contribution is -2.22. The molecule has 0 aromatic heterocycles. The van der Waals surface area contributed by atoms with Gasteiger partial charge >= 0.3 is 0 Å². The second-order valence-electron chi connectivity index (χ2n) is 6.17. The van der Waals surface area contributed by atoms with Gasteiger partial charge in [-0.3, -0.25) is 9.59 Å². The number of fused-ring (bicyclic) bond motifs is 1. The van der Waals surface area contributed by atoms with E-state index in [1.54, 1.807) is 13.8 Å². The molecule has 2 aliphatic carbocycles. The first kappa shape index (κ1) is 14.2. The van der Waals surface area contributed by atoms with Gasteiger partial charge in [0.05, 0.1) is 0 Å². The van der Waals surface area contributed by atoms with Crippen LogP contribution in [0.2, 0.25) is 0 Å². The van der Waals surface area contributed by atoms with Crippen LogP contribution >= 0.6 is 0 Å². The molecule has 2 rings (SSSR count). The SMILES string of the molecule is CC(=O)/C(C)=C1/C/C(=C(/C)C(C)=O)C2CCCC2C1. The van der Waals surface area contributed by atoms with E-state index in [0.29, 0.717) is 11.8 Å². The van der Waals surface area contributed by atoms with Crippen molar-refractivity contribution in [2.45, 2.75) is 59.8 Å². The number of hydrogen-bond acceptors (Lipinski definition) is 2. The summed E-state index contributed by atoms with van der Waals surface area (Å²) in [6.45, 7) is 7.19. The Morgan fingerprint density at radius 3 is 2.16 bits per heavy atom. The lowest BCUT2D eigenvalue weighted by Gasteiger charge is -2.32. The number of hydrogen-bond donors (Lipinski definition) is 0. The van der Waals surface area contributed by atoms with E-state index in [1.807, 2.05) is 13.8 Å². The molecule has 2 fully saturated rings. The quantitative estimate of drug-likeness (QED) is 0.703. The van der Waals surface area contributed by atoms with Gasteiger partial charge in [-0.2, -0.15) is 0 Å². The lowest BCUT2D eigenvalue weighted by molar-refractivity contribution is -0.114. The van der Waals surface area contributed by atoms with Gasteiger partial charge < -0.3 is 0 Å². The van der Waals surface area contributed by atoms with E-state index in [0.717, 1.165) is 24.0 Å². The minimum Gasteiger partial charge on any atom is -0.295 e. The molecule has 0 amide bonds. The highest BCUT2D eigenvalue weighted by molar-refractivity contribution is 5.95. The summed E-state index contributed by atoms with van der Waals surface area (Å²) < 4.78 is 0. The van der Waals surface area contributed by atoms with Crippen LogP contribution in [0.25, 0.3) is 0 Å². The van der Waals surface area contributed by atoms with E-state index >= 15 is 0 Å². The predicted molar refractivity (Wildman–Crippen MR) is 76.8 cm³/mol. The average Bonchev–Trinajstić information content (AvgIpc) is 2.83. The van der Waals surface area contributed by atoms with Crippen LogP contribution in [0.4, 0.5) is 0 Å². The van der Waals surface area contributed by atoms with Crippen molar-refractivity contribution in [1.82, 2.24) is 0 Å². The highest BCUT2D eigenvalue weighted by atomic mass is 16.1. The van der Waals surface area contributed by atoms with Crippen LogP contribution in [0, 0.1) is 11.8 Å². The zero-order valence-corrected chi connectivity index (χ0v) is 12.5. The van der Waals surface area contributed by atoms with Gasteiger partial charge in [0.25, 0.3) is 0 Å². The minimum absolute atomic E-state index is 0.172. The number of allylic oxidation sites excluding steroid dienone is 4. The molecule has 2 heteroatoms. The summed E-state index contributed by atoms with van der Waals surface area (Å²) >= 11 is 0. The summed E-state index contributed by atoms with van der Waals surface area (Å²) in [7, 11) is 0. The number of carbonyl (C=O) groups is 2. The van der Waals surface area contributed by atoms with Crippen molar-refractivity contribution in [3.63, 3.8) is 0 Å². The third-order valence-electron chi connectivity index (χ3n) is 5.09. The number of Topliss-reactive ketones (excluding diaryl/α,β-unsaturated/α-hetero) is 2. The van der Waals surface area contributed by atoms with Crippen LogP contribution in [-0.4, -0.2) is 11.6 Å². The minimum atomic E-state index is 0.172. The molecule has 19 heavy (non-hydrogen) atoms. The number of ketones is 2. The fourth-order valence-electron chi connectivity index (χ4n) is 3.66. The predicted octanol–water partition coefficient (Wildman–Crippen LogP) is 4.01. The van der Waals surface area contributed by atoms with Crippen molar-refractivity contribution in [3.8, 4) is 0 Å². The Hall–Kier alpha value is -1.18. The molecule has 2 atom stereocenters. The van der Waals surface area contributed by atoms with Gasteiger partial charge in [-0.05, 0) is 76.4 Å². The molecule has 2 nitrogen and oxygen atoms in total. The van der Waals surface area contributed by atoms with Crippen molar-refractivity contribution in [2.24, 2.45) is 11.8 Å². The Balaban J connectivity index is 2.42. The molecular weight excluding hydrogens is 236 g/mol. The van der Waals surface area contributed by atoms with Gasteiger partial charge in [-0.25, -0.2) is 0 Å². The summed E-state index contributed by atoms with van der Waals surface area (Å²) in [5.41, 5.74) is 4.44. The summed E-state index contributed by atoms with van der Waals surface area (Å²) in [4.78, 5) is 23.3. The Morgan fingerprint density at radius 2 is 1.58 bits per heavy atom. The second-order valence-corrected chi connectivity index (χ2v) is 6.17. The van der Waals surface area contributed by atoms with Crippen molar-refractivity contribution in [2.75, 3.05) is 0 Å². The Bertz CT molecular complexity index is 479. The van der Waals surface area contributed by atoms with E-state index in [-0.39, 0.29) is 11.6 Å². The third kappa shape index (κ3) is 2.72. The zero-order valence-electron chi connectivity index (χ0n) is 12.5. The van der Waals surface area contributed by atoms with Gasteiger partial charge in [0.2, 0.25) is 0 Å². The molecule has 2 unspecified atom stereocenters. The maximum absolute atomic E-state index is 11.7. The zero-order chi connectivity index (χ0) is 14.2. The van der Waals surface area contributed by atoms with Gasteiger partial charge in [-0.1, -0.05) is 17.6 Å². The molecule has 0 aromatic rings. The first-order valence-corrected chi connectivity index (χ1v) is 7.32. The van der Waals surface area contributed by atoms with Crippen LogP contribution in [0.3, 0.4) is 0 Å². The molecule has 0 heterocycles. The molecule has 0 bridgehead atoms. The topological polar surface area (TPSA) is 34.1 Å².